The van der Waals surface area contributed by atoms with E-state index in [-0.39, 0.29) is 17.4 Å². The smallest absolute Gasteiger partial charge is 0.473 e. The number of halogens is 3. The lowest BCUT2D eigenvalue weighted by molar-refractivity contribution is -0.274. The number of para-hydroxylation sites is 2. The summed E-state index contributed by atoms with van der Waals surface area (Å²) in [5, 5.41) is 2.42. The van der Waals surface area contributed by atoms with Gasteiger partial charge in [-0.05, 0) is 30.4 Å². The lowest BCUT2D eigenvalue weighted by Gasteiger charge is -2.14. The molecule has 1 aliphatic heterocycles. The van der Waals surface area contributed by atoms with Gasteiger partial charge in [0, 0.05) is 23.6 Å². The molecule has 5 nitrogen and oxygen atoms in total. The van der Waals surface area contributed by atoms with Crippen LogP contribution in [0.4, 0.5) is 18.9 Å². The number of thioether (sulfide) groups is 1. The fourth-order valence-electron chi connectivity index (χ4n) is 2.37. The van der Waals surface area contributed by atoms with Gasteiger partial charge in [-0.1, -0.05) is 12.1 Å². The molecule has 26 heavy (non-hydrogen) atoms. The highest BCUT2D eigenvalue weighted by Gasteiger charge is 2.32. The third-order valence-corrected chi connectivity index (χ3v) is 4.67. The largest absolute Gasteiger partial charge is 0.573 e. The Balaban J connectivity index is 1.72. The van der Waals surface area contributed by atoms with Gasteiger partial charge in [0.05, 0.1) is 5.69 Å². The maximum Gasteiger partial charge on any atom is 0.573 e. The van der Waals surface area contributed by atoms with Gasteiger partial charge in [-0.15, -0.1) is 13.2 Å². The van der Waals surface area contributed by atoms with E-state index in [0.29, 0.717) is 5.88 Å². The van der Waals surface area contributed by atoms with Crippen molar-refractivity contribution < 1.29 is 27.4 Å². The number of amides is 1. The van der Waals surface area contributed by atoms with Gasteiger partial charge >= 0.3 is 6.36 Å². The molecule has 2 aromatic rings. The molecule has 0 bridgehead atoms. The Morgan fingerprint density at radius 3 is 2.81 bits per heavy atom. The van der Waals surface area contributed by atoms with E-state index in [4.69, 9.17) is 4.74 Å². The number of hydrogen-bond acceptors (Lipinski definition) is 5. The lowest BCUT2D eigenvalue weighted by Crippen LogP contribution is -2.20. The van der Waals surface area contributed by atoms with Gasteiger partial charge < -0.3 is 14.8 Å². The molecule has 1 aromatic carbocycles. The predicted octanol–water partition coefficient (Wildman–Crippen LogP) is 4.12. The molecule has 2 heterocycles. The second-order valence-corrected chi connectivity index (χ2v) is 6.63. The summed E-state index contributed by atoms with van der Waals surface area (Å²) in [6, 6.07) is 8.26. The van der Waals surface area contributed by atoms with Crippen LogP contribution in [0.15, 0.2) is 42.6 Å². The fourth-order valence-corrected chi connectivity index (χ4v) is 3.46. The zero-order valence-electron chi connectivity index (χ0n) is 13.5. The number of pyridine rings is 1. The first-order valence-electron chi connectivity index (χ1n) is 7.77. The number of ether oxygens (including phenoxy) is 2. The standard InChI is InChI=1S/C17H15F3N2O3S/c18-17(19,20)25-14-4-2-1-3-13(14)22-16(23)11-5-7-21-15(9-11)24-12-6-8-26-10-12/h1-5,7,9,12H,6,8,10H2,(H,22,23)/t12-/m1/s1. The van der Waals surface area contributed by atoms with Crippen LogP contribution in [0, 0.1) is 0 Å². The van der Waals surface area contributed by atoms with Gasteiger partial charge in [0.25, 0.3) is 5.91 Å². The Kier molecular flexibility index (Phi) is 5.55. The van der Waals surface area contributed by atoms with Gasteiger partial charge in [0.2, 0.25) is 5.88 Å². The molecule has 0 radical (unpaired) electrons. The maximum absolute atomic E-state index is 12.5. The number of anilines is 1. The molecular weight excluding hydrogens is 369 g/mol. The summed E-state index contributed by atoms with van der Waals surface area (Å²) in [6.45, 7) is 0. The molecule has 1 atom stereocenters. The molecule has 1 amide bonds. The van der Waals surface area contributed by atoms with Crippen LogP contribution < -0.4 is 14.8 Å². The van der Waals surface area contributed by atoms with E-state index in [9.17, 15) is 18.0 Å². The van der Waals surface area contributed by atoms with Crippen molar-refractivity contribution >= 4 is 23.4 Å². The van der Waals surface area contributed by atoms with Crippen LogP contribution in [0.2, 0.25) is 0 Å². The normalized spacial score (nSPS) is 17.0. The van der Waals surface area contributed by atoms with E-state index in [0.717, 1.165) is 24.0 Å². The second kappa shape index (κ2) is 7.86. The van der Waals surface area contributed by atoms with Crippen LogP contribution in [0.25, 0.3) is 0 Å². The summed E-state index contributed by atoms with van der Waals surface area (Å²) in [5.41, 5.74) is 0.142. The third-order valence-electron chi connectivity index (χ3n) is 3.53. The quantitative estimate of drug-likeness (QED) is 0.841. The molecule has 3 rings (SSSR count). The number of carbonyl (C=O) groups is 1. The Morgan fingerprint density at radius 2 is 2.08 bits per heavy atom. The topological polar surface area (TPSA) is 60.5 Å². The van der Waals surface area contributed by atoms with Crippen molar-refractivity contribution in [2.75, 3.05) is 16.8 Å². The molecule has 9 heteroatoms. The zero-order chi connectivity index (χ0) is 18.6. The highest BCUT2D eigenvalue weighted by Crippen LogP contribution is 2.30. The van der Waals surface area contributed by atoms with Gasteiger partial charge in [-0.2, -0.15) is 11.8 Å². The Hall–Kier alpha value is -2.42. The lowest BCUT2D eigenvalue weighted by atomic mass is 10.2. The van der Waals surface area contributed by atoms with Crippen molar-refractivity contribution in [1.82, 2.24) is 4.98 Å². The van der Waals surface area contributed by atoms with Gasteiger partial charge in [-0.25, -0.2) is 4.98 Å². The zero-order valence-corrected chi connectivity index (χ0v) is 14.3. The Labute approximate surface area is 151 Å². The highest BCUT2D eigenvalue weighted by atomic mass is 32.2. The molecule has 1 saturated heterocycles. The van der Waals surface area contributed by atoms with E-state index in [1.807, 2.05) is 0 Å². The molecule has 1 N–H and O–H groups in total. The number of hydrogen-bond donors (Lipinski definition) is 1. The average Bonchev–Trinajstić information content (AvgIpc) is 3.08. The molecule has 0 aliphatic carbocycles. The maximum atomic E-state index is 12.5. The van der Waals surface area contributed by atoms with Crippen LogP contribution >= 0.6 is 11.8 Å². The van der Waals surface area contributed by atoms with Crippen molar-refractivity contribution in [2.24, 2.45) is 0 Å². The average molecular weight is 384 g/mol. The summed E-state index contributed by atoms with van der Waals surface area (Å²) in [6.07, 6.45) is -2.47. The number of benzene rings is 1. The summed E-state index contributed by atoms with van der Waals surface area (Å²) in [5.74, 6) is 1.12. The second-order valence-electron chi connectivity index (χ2n) is 5.48. The van der Waals surface area contributed by atoms with Crippen molar-refractivity contribution in [1.29, 1.82) is 0 Å². The van der Waals surface area contributed by atoms with Gasteiger partial charge in [-0.3, -0.25) is 4.79 Å². The van der Waals surface area contributed by atoms with Crippen molar-refractivity contribution in [2.45, 2.75) is 18.9 Å². The first kappa shape index (κ1) is 18.4. The third kappa shape index (κ3) is 5.04. The van der Waals surface area contributed by atoms with E-state index < -0.39 is 18.0 Å². The minimum absolute atomic E-state index is 0.0479. The predicted molar refractivity (Wildman–Crippen MR) is 91.7 cm³/mol. The molecule has 0 unspecified atom stereocenters. The summed E-state index contributed by atoms with van der Waals surface area (Å²) >= 11 is 1.78. The molecule has 138 valence electrons. The highest BCUT2D eigenvalue weighted by molar-refractivity contribution is 7.99. The van der Waals surface area contributed by atoms with Crippen molar-refractivity contribution in [3.8, 4) is 11.6 Å². The number of nitrogens with zero attached hydrogens (tertiary/aromatic N) is 1. The SMILES string of the molecule is O=C(Nc1ccccc1OC(F)(F)F)c1ccnc(O[C@@H]2CCSC2)c1. The van der Waals surface area contributed by atoms with Crippen LogP contribution in [0.3, 0.4) is 0 Å². The van der Waals surface area contributed by atoms with E-state index in [1.54, 1.807) is 11.8 Å². The Morgan fingerprint density at radius 1 is 1.27 bits per heavy atom. The summed E-state index contributed by atoms with van der Waals surface area (Å²) < 4.78 is 47.0. The van der Waals surface area contributed by atoms with Crippen LogP contribution in [-0.2, 0) is 0 Å². The number of nitrogens with one attached hydrogen (secondary N) is 1. The first-order chi connectivity index (χ1) is 12.4. The van der Waals surface area contributed by atoms with Crippen molar-refractivity contribution in [3.05, 3.63) is 48.2 Å². The number of rotatable bonds is 5. The van der Waals surface area contributed by atoms with Crippen LogP contribution in [0.5, 0.6) is 11.6 Å². The molecular formula is C17H15F3N2O3S. The summed E-state index contributed by atoms with van der Waals surface area (Å²) in [4.78, 5) is 16.5. The van der Waals surface area contributed by atoms with E-state index in [1.165, 1.54) is 36.5 Å². The minimum Gasteiger partial charge on any atom is -0.473 e. The van der Waals surface area contributed by atoms with E-state index >= 15 is 0 Å². The summed E-state index contributed by atoms with van der Waals surface area (Å²) in [7, 11) is 0. The molecule has 1 aliphatic rings. The molecule has 1 fully saturated rings. The minimum atomic E-state index is -4.85. The van der Waals surface area contributed by atoms with Crippen molar-refractivity contribution in [3.63, 3.8) is 0 Å². The number of aromatic nitrogens is 1. The van der Waals surface area contributed by atoms with Gasteiger partial charge in [0.1, 0.15) is 6.10 Å². The number of carbonyl (C=O) groups excluding carboxylic acids is 1. The fraction of sp³-hybridized carbons (Fsp3) is 0.294. The molecule has 0 spiro atoms. The monoisotopic (exact) mass is 384 g/mol. The molecule has 1 aromatic heterocycles. The Bertz CT molecular complexity index is 780. The van der Waals surface area contributed by atoms with Crippen LogP contribution in [0.1, 0.15) is 16.8 Å². The molecule has 0 saturated carbocycles. The first-order valence-corrected chi connectivity index (χ1v) is 8.93. The van der Waals surface area contributed by atoms with Gasteiger partial charge in [0.15, 0.2) is 5.75 Å². The van der Waals surface area contributed by atoms with Crippen LogP contribution in [-0.4, -0.2) is 34.9 Å². The van der Waals surface area contributed by atoms with E-state index in [2.05, 4.69) is 15.0 Å². The number of alkyl halides is 3.